The molecule has 0 N–H and O–H groups in total. The van der Waals surface area contributed by atoms with Gasteiger partial charge in [0.15, 0.2) is 9.84 Å². The van der Waals surface area contributed by atoms with Crippen LogP contribution in [0.15, 0.2) is 30.3 Å². The third-order valence-electron chi connectivity index (χ3n) is 3.79. The second-order valence-corrected chi connectivity index (χ2v) is 7.67. The first-order valence-corrected chi connectivity index (χ1v) is 8.71. The van der Waals surface area contributed by atoms with Crippen molar-refractivity contribution in [2.24, 2.45) is 0 Å². The number of fused-ring (bicyclic) bond motifs is 1. The molecule has 1 aromatic heterocycles. The highest BCUT2D eigenvalue weighted by Crippen LogP contribution is 2.20. The van der Waals surface area contributed by atoms with Gasteiger partial charge in [0, 0.05) is 11.2 Å². The Balaban J connectivity index is 1.74. The van der Waals surface area contributed by atoms with Crippen LogP contribution < -0.4 is 0 Å². The number of sulfone groups is 1. The average molecular weight is 307 g/mol. The Labute approximate surface area is 123 Å². The van der Waals surface area contributed by atoms with E-state index < -0.39 is 15.9 Å². The third kappa shape index (κ3) is 2.95. The molecule has 21 heavy (non-hydrogen) atoms. The van der Waals surface area contributed by atoms with Crippen molar-refractivity contribution in [3.63, 3.8) is 0 Å². The summed E-state index contributed by atoms with van der Waals surface area (Å²) < 4.78 is 29.9. The molecule has 0 aliphatic carbocycles. The van der Waals surface area contributed by atoms with Crippen LogP contribution in [-0.4, -0.2) is 36.6 Å². The van der Waals surface area contributed by atoms with E-state index in [2.05, 4.69) is 0 Å². The van der Waals surface area contributed by atoms with Crippen LogP contribution in [0.4, 0.5) is 0 Å². The van der Waals surface area contributed by atoms with Crippen molar-refractivity contribution in [2.45, 2.75) is 26.0 Å². The lowest BCUT2D eigenvalue weighted by molar-refractivity contribution is -0.148. The fraction of sp³-hybridized carbons (Fsp3) is 0.400. The van der Waals surface area contributed by atoms with E-state index in [9.17, 15) is 13.2 Å². The van der Waals surface area contributed by atoms with Crippen LogP contribution in [0, 0.1) is 6.92 Å². The number of benzene rings is 1. The van der Waals surface area contributed by atoms with E-state index in [1.54, 1.807) is 0 Å². The molecule has 1 fully saturated rings. The number of esters is 1. The lowest BCUT2D eigenvalue weighted by atomic mass is 10.2. The van der Waals surface area contributed by atoms with Crippen LogP contribution in [0.5, 0.6) is 0 Å². The Hall–Kier alpha value is -1.82. The van der Waals surface area contributed by atoms with Gasteiger partial charge in [-0.15, -0.1) is 0 Å². The van der Waals surface area contributed by atoms with Crippen LogP contribution >= 0.6 is 0 Å². The highest BCUT2D eigenvalue weighted by molar-refractivity contribution is 7.91. The van der Waals surface area contributed by atoms with Gasteiger partial charge in [0.1, 0.15) is 12.6 Å². The Morgan fingerprint density at radius 3 is 2.86 bits per heavy atom. The molecule has 0 bridgehead atoms. The minimum Gasteiger partial charge on any atom is -0.460 e. The van der Waals surface area contributed by atoms with Crippen LogP contribution in [-0.2, 0) is 25.9 Å². The predicted octanol–water partition coefficient (Wildman–Crippen LogP) is 1.68. The second-order valence-electron chi connectivity index (χ2n) is 5.45. The zero-order valence-electron chi connectivity index (χ0n) is 11.8. The van der Waals surface area contributed by atoms with Gasteiger partial charge in [-0.1, -0.05) is 18.2 Å². The van der Waals surface area contributed by atoms with Crippen molar-refractivity contribution in [1.82, 2.24) is 4.57 Å². The zero-order chi connectivity index (χ0) is 15.0. The molecule has 0 spiro atoms. The molecule has 1 aromatic carbocycles. The van der Waals surface area contributed by atoms with Crippen molar-refractivity contribution in [3.05, 3.63) is 36.0 Å². The molecule has 3 rings (SSSR count). The van der Waals surface area contributed by atoms with Crippen LogP contribution in [0.25, 0.3) is 10.9 Å². The van der Waals surface area contributed by atoms with Gasteiger partial charge in [-0.2, -0.15) is 0 Å². The van der Waals surface area contributed by atoms with Gasteiger partial charge >= 0.3 is 5.97 Å². The molecule has 0 radical (unpaired) electrons. The van der Waals surface area contributed by atoms with E-state index in [1.807, 2.05) is 41.8 Å². The summed E-state index contributed by atoms with van der Waals surface area (Å²) in [6.07, 6.45) is -0.0934. The first kappa shape index (κ1) is 14.1. The Bertz CT molecular complexity index is 791. The van der Waals surface area contributed by atoms with Crippen molar-refractivity contribution in [1.29, 1.82) is 0 Å². The maximum absolute atomic E-state index is 12.0. The topological polar surface area (TPSA) is 65.4 Å². The summed E-state index contributed by atoms with van der Waals surface area (Å²) in [5.74, 6) is -0.331. The lowest BCUT2D eigenvalue weighted by Crippen LogP contribution is -2.23. The number of hydrogen-bond donors (Lipinski definition) is 0. The standard InChI is InChI=1S/C15H17NO4S/c1-11-8-12-4-2-3-5-14(12)16(11)9-15(17)20-13-6-7-21(18,19)10-13/h2-5,8,13H,6-7,9-10H2,1H3/t13-/m0/s1. The van der Waals surface area contributed by atoms with Gasteiger partial charge in [0.05, 0.1) is 11.5 Å². The van der Waals surface area contributed by atoms with Crippen molar-refractivity contribution < 1.29 is 17.9 Å². The maximum Gasteiger partial charge on any atom is 0.326 e. The average Bonchev–Trinajstić information content (AvgIpc) is 2.90. The summed E-state index contributed by atoms with van der Waals surface area (Å²) in [4.78, 5) is 12.0. The molecule has 0 amide bonds. The van der Waals surface area contributed by atoms with Crippen LogP contribution in [0.2, 0.25) is 0 Å². The van der Waals surface area contributed by atoms with Crippen LogP contribution in [0.3, 0.4) is 0 Å². The molecule has 112 valence electrons. The van der Waals surface area contributed by atoms with Crippen molar-refractivity contribution in [3.8, 4) is 0 Å². The third-order valence-corrected chi connectivity index (χ3v) is 5.53. The second kappa shape index (κ2) is 5.18. The number of nitrogens with zero attached hydrogens (tertiary/aromatic N) is 1. The number of rotatable bonds is 3. The van der Waals surface area contributed by atoms with E-state index in [4.69, 9.17) is 4.74 Å². The van der Waals surface area contributed by atoms with E-state index in [0.717, 1.165) is 16.6 Å². The number of aromatic nitrogens is 1. The normalized spacial score (nSPS) is 20.7. The van der Waals surface area contributed by atoms with Crippen molar-refractivity contribution >= 4 is 26.7 Å². The van der Waals surface area contributed by atoms with E-state index >= 15 is 0 Å². The van der Waals surface area contributed by atoms with Crippen molar-refractivity contribution in [2.75, 3.05) is 11.5 Å². The van der Waals surface area contributed by atoms with E-state index in [0.29, 0.717) is 6.42 Å². The van der Waals surface area contributed by atoms with Gasteiger partial charge in [-0.05, 0) is 30.9 Å². The van der Waals surface area contributed by atoms with E-state index in [1.165, 1.54) is 0 Å². The SMILES string of the molecule is Cc1cc2ccccc2n1CC(=O)O[C@H]1CCS(=O)(=O)C1. The lowest BCUT2D eigenvalue weighted by Gasteiger charge is -2.12. The quantitative estimate of drug-likeness (QED) is 0.809. The van der Waals surface area contributed by atoms with Gasteiger partial charge in [0.25, 0.3) is 0 Å². The minimum absolute atomic E-state index is 0.0514. The molecule has 1 atom stereocenters. The highest BCUT2D eigenvalue weighted by atomic mass is 32.2. The number of para-hydroxylation sites is 1. The largest absolute Gasteiger partial charge is 0.460 e. The molecular formula is C15H17NO4S. The number of carbonyl (C=O) groups is 1. The summed E-state index contributed by atoms with van der Waals surface area (Å²) in [5.41, 5.74) is 1.96. The number of ether oxygens (including phenoxy) is 1. The predicted molar refractivity (Wildman–Crippen MR) is 79.8 cm³/mol. The fourth-order valence-electron chi connectivity index (χ4n) is 2.76. The van der Waals surface area contributed by atoms with Gasteiger partial charge in [-0.3, -0.25) is 4.79 Å². The molecular weight excluding hydrogens is 290 g/mol. The van der Waals surface area contributed by atoms with E-state index in [-0.39, 0.29) is 24.0 Å². The van der Waals surface area contributed by atoms with Gasteiger partial charge in [-0.25, -0.2) is 8.42 Å². The zero-order valence-corrected chi connectivity index (χ0v) is 12.6. The highest BCUT2D eigenvalue weighted by Gasteiger charge is 2.30. The summed E-state index contributed by atoms with van der Waals surface area (Å²) in [6, 6.07) is 9.84. The molecule has 6 heteroatoms. The molecule has 2 heterocycles. The molecule has 5 nitrogen and oxygen atoms in total. The first-order chi connectivity index (χ1) is 9.94. The number of carbonyl (C=O) groups excluding carboxylic acids is 1. The number of aryl methyl sites for hydroxylation is 1. The maximum atomic E-state index is 12.0. The minimum atomic E-state index is -3.03. The van der Waals surface area contributed by atoms with Gasteiger partial charge < -0.3 is 9.30 Å². The molecule has 0 saturated carbocycles. The fourth-order valence-corrected chi connectivity index (χ4v) is 4.35. The summed E-state index contributed by atoms with van der Waals surface area (Å²) >= 11 is 0. The first-order valence-electron chi connectivity index (χ1n) is 6.89. The molecule has 1 aliphatic rings. The van der Waals surface area contributed by atoms with Gasteiger partial charge in [0.2, 0.25) is 0 Å². The molecule has 2 aromatic rings. The summed E-state index contributed by atoms with van der Waals surface area (Å²) in [5, 5.41) is 1.08. The monoisotopic (exact) mass is 307 g/mol. The molecule has 1 aliphatic heterocycles. The molecule has 1 saturated heterocycles. The molecule has 0 unspecified atom stereocenters. The van der Waals surface area contributed by atoms with Crippen LogP contribution in [0.1, 0.15) is 12.1 Å². The summed E-state index contributed by atoms with van der Waals surface area (Å²) in [6.45, 7) is 2.04. The number of hydrogen-bond acceptors (Lipinski definition) is 4. The smallest absolute Gasteiger partial charge is 0.326 e. The Morgan fingerprint density at radius 1 is 1.38 bits per heavy atom. The Kier molecular flexibility index (Phi) is 3.49. The Morgan fingerprint density at radius 2 is 2.14 bits per heavy atom. The summed E-state index contributed by atoms with van der Waals surface area (Å²) in [7, 11) is -3.03.